The number of nitrogens with zero attached hydrogens (tertiary/aromatic N) is 1. The minimum absolute atomic E-state index is 0.0240. The molecule has 0 unspecified atom stereocenters. The highest BCUT2D eigenvalue weighted by Gasteiger charge is 2.35. The number of methoxy groups -OCH3 is 1. The number of carbonyl (C=O) groups excluding carboxylic acids is 3. The molecule has 0 aromatic heterocycles. The molecule has 0 spiro atoms. The van der Waals surface area contributed by atoms with Crippen molar-refractivity contribution >= 4 is 35.4 Å². The number of aromatic carboxylic acids is 1. The van der Waals surface area contributed by atoms with E-state index in [0.717, 1.165) is 17.0 Å². The summed E-state index contributed by atoms with van der Waals surface area (Å²) in [4.78, 5) is 50.5. The van der Waals surface area contributed by atoms with Crippen molar-refractivity contribution in [1.82, 2.24) is 15.5 Å². The number of amides is 4. The van der Waals surface area contributed by atoms with E-state index in [1.807, 2.05) is 0 Å². The number of nitrogens with one attached hydrogen (secondary N) is 2. The zero-order chi connectivity index (χ0) is 25.7. The lowest BCUT2D eigenvalue weighted by Crippen LogP contribution is -2.48. The van der Waals surface area contributed by atoms with Crippen LogP contribution in [0.25, 0.3) is 0 Å². The lowest BCUT2D eigenvalue weighted by atomic mass is 9.97. The summed E-state index contributed by atoms with van der Waals surface area (Å²) in [7, 11) is 1.49. The van der Waals surface area contributed by atoms with Crippen molar-refractivity contribution in [2.75, 3.05) is 20.2 Å². The van der Waals surface area contributed by atoms with E-state index in [1.54, 1.807) is 25.1 Å². The topological polar surface area (TPSA) is 125 Å². The monoisotopic (exact) mass is 505 g/mol. The Kier molecular flexibility index (Phi) is 8.29. The van der Waals surface area contributed by atoms with Crippen molar-refractivity contribution in [2.24, 2.45) is 5.92 Å². The van der Waals surface area contributed by atoms with Crippen LogP contribution in [0.15, 0.2) is 36.4 Å². The standard InChI is InChI=1S/C24H25ClFN3O6/c1-3-19(13-4-6-17(23(32)33)18(26)10-13)28-24(34)29-12-21(30)27-11-15(22(29)31)8-14-9-16(25)5-7-20(14)35-2/h4-7,9-10,15,19H,3,8,11-12H2,1-2H3,(H,27,30)(H,28,34)(H,32,33)/t15-,19+/m0/s1. The molecule has 0 aliphatic carbocycles. The predicted molar refractivity (Wildman–Crippen MR) is 125 cm³/mol. The minimum atomic E-state index is -1.41. The van der Waals surface area contributed by atoms with Gasteiger partial charge in [-0.25, -0.2) is 14.0 Å². The molecule has 2 atom stereocenters. The van der Waals surface area contributed by atoms with Gasteiger partial charge >= 0.3 is 12.0 Å². The number of carboxylic acids is 1. The highest BCUT2D eigenvalue weighted by atomic mass is 35.5. The molecule has 1 saturated heterocycles. The van der Waals surface area contributed by atoms with E-state index >= 15 is 0 Å². The van der Waals surface area contributed by atoms with Crippen LogP contribution in [0.1, 0.15) is 40.9 Å². The number of halogens is 2. The van der Waals surface area contributed by atoms with Gasteiger partial charge in [-0.1, -0.05) is 24.6 Å². The fourth-order valence-electron chi connectivity index (χ4n) is 3.90. The van der Waals surface area contributed by atoms with Crippen molar-refractivity contribution in [3.63, 3.8) is 0 Å². The van der Waals surface area contributed by atoms with Crippen LogP contribution >= 0.6 is 11.6 Å². The average Bonchev–Trinajstić information content (AvgIpc) is 2.96. The zero-order valence-corrected chi connectivity index (χ0v) is 19.9. The molecular weight excluding hydrogens is 481 g/mol. The molecule has 2 aromatic carbocycles. The molecule has 3 N–H and O–H groups in total. The number of imide groups is 1. The van der Waals surface area contributed by atoms with Gasteiger partial charge in [-0.3, -0.25) is 14.5 Å². The molecule has 4 amide bonds. The maximum absolute atomic E-state index is 14.2. The number of carboxylic acid groups (broad SMARTS) is 1. The van der Waals surface area contributed by atoms with Crippen LogP contribution in [-0.4, -0.2) is 54.0 Å². The Morgan fingerprint density at radius 1 is 1.29 bits per heavy atom. The molecule has 2 aromatic rings. The van der Waals surface area contributed by atoms with Gasteiger partial charge in [-0.15, -0.1) is 0 Å². The second kappa shape index (κ2) is 11.2. The lowest BCUT2D eigenvalue weighted by Gasteiger charge is -2.25. The Morgan fingerprint density at radius 2 is 2.03 bits per heavy atom. The van der Waals surface area contributed by atoms with Gasteiger partial charge in [-0.2, -0.15) is 0 Å². The van der Waals surface area contributed by atoms with E-state index in [0.29, 0.717) is 28.3 Å². The van der Waals surface area contributed by atoms with E-state index in [9.17, 15) is 23.6 Å². The molecular formula is C24H25ClFN3O6. The van der Waals surface area contributed by atoms with Crippen molar-refractivity contribution in [3.05, 3.63) is 63.9 Å². The number of carbonyl (C=O) groups is 4. The number of benzene rings is 2. The first-order chi connectivity index (χ1) is 16.6. The van der Waals surface area contributed by atoms with Crippen LogP contribution in [0.4, 0.5) is 9.18 Å². The van der Waals surface area contributed by atoms with Crippen LogP contribution in [0, 0.1) is 11.7 Å². The van der Waals surface area contributed by atoms with E-state index in [1.165, 1.54) is 13.2 Å². The maximum atomic E-state index is 14.2. The quantitative estimate of drug-likeness (QED) is 0.531. The number of rotatable bonds is 7. The first-order valence-corrected chi connectivity index (χ1v) is 11.3. The Labute approximate surface area is 206 Å². The third kappa shape index (κ3) is 6.07. The molecule has 1 fully saturated rings. The number of ether oxygens (including phenoxy) is 1. The van der Waals surface area contributed by atoms with Gasteiger partial charge in [0.2, 0.25) is 11.8 Å². The van der Waals surface area contributed by atoms with Gasteiger partial charge in [-0.05, 0) is 54.3 Å². The zero-order valence-electron chi connectivity index (χ0n) is 19.1. The second-order valence-electron chi connectivity index (χ2n) is 8.04. The van der Waals surface area contributed by atoms with Crippen LogP contribution in [-0.2, 0) is 16.0 Å². The summed E-state index contributed by atoms with van der Waals surface area (Å²) in [6, 6.07) is 6.98. The summed E-state index contributed by atoms with van der Waals surface area (Å²) >= 11 is 6.09. The second-order valence-corrected chi connectivity index (χ2v) is 8.48. The highest BCUT2D eigenvalue weighted by Crippen LogP contribution is 2.27. The largest absolute Gasteiger partial charge is 0.496 e. The summed E-state index contributed by atoms with van der Waals surface area (Å²) < 4.78 is 19.5. The summed E-state index contributed by atoms with van der Waals surface area (Å²) in [6.45, 7) is 1.28. The average molecular weight is 506 g/mol. The van der Waals surface area contributed by atoms with Crippen molar-refractivity contribution in [2.45, 2.75) is 25.8 Å². The predicted octanol–water partition coefficient (Wildman–Crippen LogP) is 3.16. The van der Waals surface area contributed by atoms with Crippen molar-refractivity contribution in [1.29, 1.82) is 0 Å². The van der Waals surface area contributed by atoms with Crippen LogP contribution in [0.3, 0.4) is 0 Å². The van der Waals surface area contributed by atoms with E-state index in [4.69, 9.17) is 21.4 Å². The van der Waals surface area contributed by atoms with Gasteiger partial charge < -0.3 is 20.5 Å². The fourth-order valence-corrected chi connectivity index (χ4v) is 4.09. The Hall–Kier alpha value is -3.66. The molecule has 0 bridgehead atoms. The van der Waals surface area contributed by atoms with Gasteiger partial charge in [0.05, 0.1) is 24.6 Å². The molecule has 1 heterocycles. The van der Waals surface area contributed by atoms with Gasteiger partial charge in [0, 0.05) is 11.6 Å². The SMILES string of the molecule is CC[C@@H](NC(=O)N1CC(=O)NC[C@H](Cc2cc(Cl)ccc2OC)C1=O)c1ccc(C(=O)O)c(F)c1. The molecule has 9 nitrogen and oxygen atoms in total. The Bertz CT molecular complexity index is 1160. The molecule has 1 aliphatic heterocycles. The third-order valence-corrected chi connectivity index (χ3v) is 5.98. The van der Waals surface area contributed by atoms with Crippen LogP contribution in [0.5, 0.6) is 5.75 Å². The van der Waals surface area contributed by atoms with Gasteiger partial charge in [0.1, 0.15) is 18.1 Å². The maximum Gasteiger partial charge on any atom is 0.338 e. The van der Waals surface area contributed by atoms with Crippen molar-refractivity contribution in [3.8, 4) is 5.75 Å². The lowest BCUT2D eigenvalue weighted by molar-refractivity contribution is -0.133. The minimum Gasteiger partial charge on any atom is -0.496 e. The highest BCUT2D eigenvalue weighted by molar-refractivity contribution is 6.30. The summed E-state index contributed by atoms with van der Waals surface area (Å²) in [5.41, 5.74) is 0.485. The summed E-state index contributed by atoms with van der Waals surface area (Å²) in [6.07, 6.45) is 0.501. The normalized spacial score (nSPS) is 16.8. The summed E-state index contributed by atoms with van der Waals surface area (Å²) in [5.74, 6) is -3.65. The molecule has 3 rings (SSSR count). The Balaban J connectivity index is 1.81. The molecule has 0 radical (unpaired) electrons. The van der Waals surface area contributed by atoms with Crippen LogP contribution < -0.4 is 15.4 Å². The fraction of sp³-hybridized carbons (Fsp3) is 0.333. The first kappa shape index (κ1) is 26.0. The molecule has 11 heteroatoms. The molecule has 186 valence electrons. The van der Waals surface area contributed by atoms with Gasteiger partial charge in [0.25, 0.3) is 0 Å². The number of hydrogen-bond acceptors (Lipinski definition) is 5. The van der Waals surface area contributed by atoms with E-state index in [2.05, 4.69) is 10.6 Å². The Morgan fingerprint density at radius 3 is 2.66 bits per heavy atom. The first-order valence-electron chi connectivity index (χ1n) is 10.9. The number of hydrogen-bond donors (Lipinski definition) is 3. The van der Waals surface area contributed by atoms with Gasteiger partial charge in [0.15, 0.2) is 0 Å². The van der Waals surface area contributed by atoms with Crippen molar-refractivity contribution < 1.29 is 33.4 Å². The number of urea groups is 1. The smallest absolute Gasteiger partial charge is 0.338 e. The molecule has 1 aliphatic rings. The third-order valence-electron chi connectivity index (χ3n) is 5.75. The molecule has 35 heavy (non-hydrogen) atoms. The van der Waals surface area contributed by atoms with Crippen LogP contribution in [0.2, 0.25) is 5.02 Å². The van der Waals surface area contributed by atoms with E-state index in [-0.39, 0.29) is 13.0 Å². The van der Waals surface area contributed by atoms with E-state index < -0.39 is 53.7 Å². The molecule has 0 saturated carbocycles. The summed E-state index contributed by atoms with van der Waals surface area (Å²) in [5, 5.41) is 14.8.